The van der Waals surface area contributed by atoms with E-state index in [1.165, 1.54) is 12.1 Å². The zero-order chi connectivity index (χ0) is 14.6. The predicted molar refractivity (Wildman–Crippen MR) is 71.8 cm³/mol. The van der Waals surface area contributed by atoms with Crippen molar-refractivity contribution in [2.45, 2.75) is 4.90 Å². The topological polar surface area (TPSA) is 113 Å². The second-order valence-electron chi connectivity index (χ2n) is 4.29. The summed E-state index contributed by atoms with van der Waals surface area (Å²) in [5, 5.41) is 17.0. The van der Waals surface area contributed by atoms with Gasteiger partial charge in [-0.1, -0.05) is 0 Å². The highest BCUT2D eigenvalue weighted by Crippen LogP contribution is 2.19. The van der Waals surface area contributed by atoms with E-state index in [1.807, 2.05) is 19.0 Å². The molecule has 1 aromatic carbocycles. The molecule has 0 fully saturated rings. The number of carbonyl (C=O) groups is 1. The number of benzene rings is 1. The molecule has 0 amide bonds. The van der Waals surface area contributed by atoms with Crippen LogP contribution in [0.3, 0.4) is 0 Å². The molecule has 1 aromatic rings. The Morgan fingerprint density at radius 2 is 2.05 bits per heavy atom. The molecule has 0 spiro atoms. The number of aromatic carboxylic acids is 1. The van der Waals surface area contributed by atoms with Crippen molar-refractivity contribution in [1.82, 2.24) is 4.90 Å². The van der Waals surface area contributed by atoms with Crippen LogP contribution in [-0.2, 0) is 10.0 Å². The SMILES string of the molecule is CN(C)CCNc1ccc(S(N)(=O)=O)cc1C(=O)O. The summed E-state index contributed by atoms with van der Waals surface area (Å²) < 4.78 is 22.4. The molecule has 0 bridgehead atoms. The fourth-order valence-electron chi connectivity index (χ4n) is 1.45. The molecule has 0 aliphatic rings. The van der Waals surface area contributed by atoms with Crippen LogP contribution in [0.2, 0.25) is 0 Å². The molecule has 4 N–H and O–H groups in total. The average Bonchev–Trinajstić information content (AvgIpc) is 2.27. The molecule has 0 saturated heterocycles. The molecule has 0 aromatic heterocycles. The molecule has 0 saturated carbocycles. The van der Waals surface area contributed by atoms with E-state index in [9.17, 15) is 13.2 Å². The van der Waals surface area contributed by atoms with Gasteiger partial charge in [0.05, 0.1) is 10.5 Å². The van der Waals surface area contributed by atoms with Gasteiger partial charge < -0.3 is 15.3 Å². The number of nitrogens with one attached hydrogen (secondary N) is 1. The van der Waals surface area contributed by atoms with Crippen molar-refractivity contribution in [2.75, 3.05) is 32.5 Å². The molecular formula is C11H17N3O4S. The fraction of sp³-hybridized carbons (Fsp3) is 0.364. The highest BCUT2D eigenvalue weighted by molar-refractivity contribution is 7.89. The van der Waals surface area contributed by atoms with Gasteiger partial charge in [0.15, 0.2) is 0 Å². The summed E-state index contributed by atoms with van der Waals surface area (Å²) in [6.45, 7) is 1.26. The number of nitrogens with two attached hydrogens (primary N) is 1. The van der Waals surface area contributed by atoms with Crippen LogP contribution in [0.5, 0.6) is 0 Å². The molecular weight excluding hydrogens is 270 g/mol. The van der Waals surface area contributed by atoms with Crippen molar-refractivity contribution >= 4 is 21.7 Å². The highest BCUT2D eigenvalue weighted by atomic mass is 32.2. The zero-order valence-electron chi connectivity index (χ0n) is 10.8. The number of likely N-dealkylation sites (N-methyl/N-ethyl adjacent to an activating group) is 1. The first kappa shape index (κ1) is 15.4. The highest BCUT2D eigenvalue weighted by Gasteiger charge is 2.15. The van der Waals surface area contributed by atoms with Crippen LogP contribution in [0.1, 0.15) is 10.4 Å². The predicted octanol–water partition coefficient (Wildman–Crippen LogP) is 0.00570. The molecule has 0 heterocycles. The molecule has 0 atom stereocenters. The van der Waals surface area contributed by atoms with Crippen molar-refractivity contribution < 1.29 is 18.3 Å². The van der Waals surface area contributed by atoms with Crippen LogP contribution in [0, 0.1) is 0 Å². The minimum Gasteiger partial charge on any atom is -0.478 e. The summed E-state index contributed by atoms with van der Waals surface area (Å²) in [6, 6.07) is 3.73. The lowest BCUT2D eigenvalue weighted by atomic mass is 10.2. The van der Waals surface area contributed by atoms with Gasteiger partial charge in [0, 0.05) is 18.8 Å². The number of primary sulfonamides is 1. The summed E-state index contributed by atoms with van der Waals surface area (Å²) in [6.07, 6.45) is 0. The van der Waals surface area contributed by atoms with Gasteiger partial charge in [-0.2, -0.15) is 0 Å². The Morgan fingerprint density at radius 1 is 1.42 bits per heavy atom. The Morgan fingerprint density at radius 3 is 2.53 bits per heavy atom. The molecule has 8 heteroatoms. The van der Waals surface area contributed by atoms with Crippen molar-refractivity contribution in [3.8, 4) is 0 Å². The zero-order valence-corrected chi connectivity index (χ0v) is 11.6. The van der Waals surface area contributed by atoms with E-state index < -0.39 is 16.0 Å². The number of rotatable bonds is 6. The maximum absolute atomic E-state index is 11.2. The third-order valence-electron chi connectivity index (χ3n) is 2.42. The summed E-state index contributed by atoms with van der Waals surface area (Å²) in [4.78, 5) is 12.8. The minimum absolute atomic E-state index is 0.120. The van der Waals surface area contributed by atoms with Crippen LogP contribution in [0.25, 0.3) is 0 Å². The standard InChI is InChI=1S/C11H17N3O4S/c1-14(2)6-5-13-10-4-3-8(19(12,17)18)7-9(10)11(15)16/h3-4,7,13H,5-6H2,1-2H3,(H,15,16)(H2,12,17,18). The number of hydrogen-bond donors (Lipinski definition) is 3. The number of hydrogen-bond acceptors (Lipinski definition) is 5. The molecule has 1 rings (SSSR count). The maximum atomic E-state index is 11.2. The fourth-order valence-corrected chi connectivity index (χ4v) is 1.99. The average molecular weight is 287 g/mol. The normalized spacial score (nSPS) is 11.6. The van der Waals surface area contributed by atoms with E-state index in [2.05, 4.69) is 5.32 Å². The molecule has 106 valence electrons. The summed E-state index contributed by atoms with van der Waals surface area (Å²) >= 11 is 0. The summed E-state index contributed by atoms with van der Waals surface area (Å²) in [5.74, 6) is -1.21. The molecule has 19 heavy (non-hydrogen) atoms. The first-order valence-corrected chi connectivity index (χ1v) is 7.05. The second kappa shape index (κ2) is 6.00. The maximum Gasteiger partial charge on any atom is 0.337 e. The molecule has 7 nitrogen and oxygen atoms in total. The van der Waals surface area contributed by atoms with Gasteiger partial charge in [-0.3, -0.25) is 0 Å². The van der Waals surface area contributed by atoms with Gasteiger partial charge in [0.2, 0.25) is 10.0 Å². The van der Waals surface area contributed by atoms with Gasteiger partial charge in [0.25, 0.3) is 0 Å². The smallest absolute Gasteiger partial charge is 0.337 e. The Kier molecular flexibility index (Phi) is 4.87. The number of nitrogens with zero attached hydrogens (tertiary/aromatic N) is 1. The third kappa shape index (κ3) is 4.51. The first-order chi connectivity index (χ1) is 8.71. The molecule has 0 aliphatic heterocycles. The van der Waals surface area contributed by atoms with Crippen molar-refractivity contribution in [3.05, 3.63) is 23.8 Å². The van der Waals surface area contributed by atoms with E-state index in [0.717, 1.165) is 12.6 Å². The second-order valence-corrected chi connectivity index (χ2v) is 5.85. The van der Waals surface area contributed by atoms with E-state index in [4.69, 9.17) is 10.2 Å². The number of carboxylic acids is 1. The largest absolute Gasteiger partial charge is 0.478 e. The number of anilines is 1. The third-order valence-corrected chi connectivity index (χ3v) is 3.34. The van der Waals surface area contributed by atoms with Gasteiger partial charge in [-0.25, -0.2) is 18.4 Å². The first-order valence-electron chi connectivity index (χ1n) is 5.50. The van der Waals surface area contributed by atoms with E-state index in [0.29, 0.717) is 12.2 Å². The van der Waals surface area contributed by atoms with Gasteiger partial charge in [-0.15, -0.1) is 0 Å². The van der Waals surface area contributed by atoms with Crippen molar-refractivity contribution in [1.29, 1.82) is 0 Å². The van der Waals surface area contributed by atoms with Crippen LogP contribution >= 0.6 is 0 Å². The van der Waals surface area contributed by atoms with Crippen LogP contribution in [0.4, 0.5) is 5.69 Å². The van der Waals surface area contributed by atoms with Crippen LogP contribution in [-0.4, -0.2) is 51.6 Å². The number of sulfonamides is 1. The summed E-state index contributed by atoms with van der Waals surface area (Å²) in [5.41, 5.74) is 0.243. The number of carboxylic acid groups (broad SMARTS) is 1. The van der Waals surface area contributed by atoms with Crippen molar-refractivity contribution in [2.24, 2.45) is 5.14 Å². The molecule has 0 aliphatic carbocycles. The molecule has 0 radical (unpaired) electrons. The van der Waals surface area contributed by atoms with Crippen LogP contribution in [0.15, 0.2) is 23.1 Å². The van der Waals surface area contributed by atoms with Crippen molar-refractivity contribution in [3.63, 3.8) is 0 Å². The minimum atomic E-state index is -3.91. The Labute approximate surface area is 112 Å². The lowest BCUT2D eigenvalue weighted by Crippen LogP contribution is -2.22. The van der Waals surface area contributed by atoms with E-state index >= 15 is 0 Å². The molecule has 0 unspecified atom stereocenters. The van der Waals surface area contributed by atoms with Gasteiger partial charge in [0.1, 0.15) is 0 Å². The van der Waals surface area contributed by atoms with E-state index in [1.54, 1.807) is 0 Å². The van der Waals surface area contributed by atoms with Gasteiger partial charge >= 0.3 is 5.97 Å². The Bertz CT molecular complexity index is 569. The quantitative estimate of drug-likeness (QED) is 0.679. The van der Waals surface area contributed by atoms with Gasteiger partial charge in [-0.05, 0) is 32.3 Å². The van der Waals surface area contributed by atoms with E-state index in [-0.39, 0.29) is 10.5 Å². The Hall–Kier alpha value is -1.64. The summed E-state index contributed by atoms with van der Waals surface area (Å²) in [7, 11) is -0.123. The lowest BCUT2D eigenvalue weighted by molar-refractivity contribution is 0.0697. The Balaban J connectivity index is 3.02. The van der Waals surface area contributed by atoms with Crippen LogP contribution < -0.4 is 10.5 Å². The monoisotopic (exact) mass is 287 g/mol. The lowest BCUT2D eigenvalue weighted by Gasteiger charge is -2.13.